The first-order chi connectivity index (χ1) is 4.22. The van der Waals surface area contributed by atoms with E-state index in [1.807, 2.05) is 0 Å². The molecule has 1 rings (SSSR count). The van der Waals surface area contributed by atoms with E-state index in [-0.39, 0.29) is 18.2 Å². The van der Waals surface area contributed by atoms with Gasteiger partial charge in [0.15, 0.2) is 5.78 Å². The Morgan fingerprint density at radius 2 is 2.30 bits per heavy atom. The summed E-state index contributed by atoms with van der Waals surface area (Å²) in [5, 5.41) is 0. The Balaban J connectivity index is 0.000000810. The summed E-state index contributed by atoms with van der Waals surface area (Å²) in [6, 6.07) is 1.66. The summed E-state index contributed by atoms with van der Waals surface area (Å²) in [4.78, 5) is 13.3. The molecule has 1 heterocycles. The quantitative estimate of drug-likeness (QED) is 0.607. The van der Waals surface area contributed by atoms with Crippen LogP contribution in [0.1, 0.15) is 17.3 Å². The van der Waals surface area contributed by atoms with E-state index < -0.39 is 0 Å². The molecule has 0 unspecified atom stereocenters. The molecule has 4 heteroatoms. The van der Waals surface area contributed by atoms with Gasteiger partial charge in [0, 0.05) is 6.20 Å². The number of carbonyl (C=O) groups is 1. The number of nitrogens with one attached hydrogen (secondary N) is 1. The maximum absolute atomic E-state index is 10.6. The molecule has 0 spiro atoms. The van der Waals surface area contributed by atoms with Gasteiger partial charge in [-0.3, -0.25) is 4.79 Å². The van der Waals surface area contributed by atoms with Crippen molar-refractivity contribution in [2.24, 2.45) is 0 Å². The first-order valence-electron chi connectivity index (χ1n) is 2.65. The summed E-state index contributed by atoms with van der Waals surface area (Å²) in [6.07, 6.45) is 1.64. The monoisotopic (exact) mass is 160 g/mol. The number of carbonyl (C=O) groups excluding carboxylic acids is 1. The van der Waals surface area contributed by atoms with Crippen molar-refractivity contribution >= 4 is 24.0 Å². The molecule has 0 aromatic carbocycles. The number of hydrogen-bond donors (Lipinski definition) is 2. The fraction of sp³-hybridized carbons (Fsp3) is 0.167. The third kappa shape index (κ3) is 1.51. The minimum absolute atomic E-state index is 0. The summed E-state index contributed by atoms with van der Waals surface area (Å²) in [5.41, 5.74) is 5.93. The smallest absolute Gasteiger partial charge is 0.163 e. The molecule has 0 saturated heterocycles. The molecule has 0 aliphatic carbocycles. The molecule has 3 N–H and O–H groups in total. The number of rotatable bonds is 1. The SMILES string of the molecule is CC(=O)c1cc[nH]c1N.Cl. The van der Waals surface area contributed by atoms with Crippen molar-refractivity contribution < 1.29 is 4.79 Å². The second kappa shape index (κ2) is 3.27. The standard InChI is InChI=1S/C6H8N2O.ClH/c1-4(9)5-2-3-8-6(5)7;/h2-3,8H,7H2,1H3;1H. The van der Waals surface area contributed by atoms with Gasteiger partial charge in [-0.25, -0.2) is 0 Å². The molecular formula is C6H9ClN2O. The molecule has 0 amide bonds. The first kappa shape index (κ1) is 9.04. The number of halogens is 1. The molecule has 56 valence electrons. The first-order valence-corrected chi connectivity index (χ1v) is 2.65. The zero-order valence-electron chi connectivity index (χ0n) is 5.55. The highest BCUT2D eigenvalue weighted by atomic mass is 35.5. The van der Waals surface area contributed by atoms with Crippen LogP contribution in [0.15, 0.2) is 12.3 Å². The molecular weight excluding hydrogens is 152 g/mol. The molecule has 1 aromatic rings. The minimum Gasteiger partial charge on any atom is -0.385 e. The van der Waals surface area contributed by atoms with Gasteiger partial charge in [0.1, 0.15) is 5.82 Å². The number of nitrogen functional groups attached to an aromatic ring is 1. The van der Waals surface area contributed by atoms with E-state index in [0.29, 0.717) is 11.4 Å². The lowest BCUT2D eigenvalue weighted by Crippen LogP contribution is -1.95. The maximum Gasteiger partial charge on any atom is 0.163 e. The molecule has 0 saturated carbocycles. The van der Waals surface area contributed by atoms with Crippen LogP contribution in [0.3, 0.4) is 0 Å². The van der Waals surface area contributed by atoms with Crippen LogP contribution in [0.4, 0.5) is 5.82 Å². The van der Waals surface area contributed by atoms with E-state index in [2.05, 4.69) is 4.98 Å². The predicted molar refractivity (Wildman–Crippen MR) is 42.5 cm³/mol. The van der Waals surface area contributed by atoms with E-state index in [0.717, 1.165) is 0 Å². The van der Waals surface area contributed by atoms with E-state index >= 15 is 0 Å². The number of H-pyrrole nitrogens is 1. The number of Topliss-reactive ketones (excluding diaryl/α,β-unsaturated/α-hetero) is 1. The minimum atomic E-state index is -0.00579. The van der Waals surface area contributed by atoms with Crippen molar-refractivity contribution in [1.29, 1.82) is 0 Å². The van der Waals surface area contributed by atoms with Gasteiger partial charge in [-0.2, -0.15) is 0 Å². The largest absolute Gasteiger partial charge is 0.385 e. The lowest BCUT2D eigenvalue weighted by molar-refractivity contribution is 0.101. The summed E-state index contributed by atoms with van der Waals surface area (Å²) in [6.45, 7) is 1.49. The molecule has 0 aliphatic rings. The van der Waals surface area contributed by atoms with Crippen LogP contribution in [0, 0.1) is 0 Å². The maximum atomic E-state index is 10.6. The highest BCUT2D eigenvalue weighted by Crippen LogP contribution is 2.07. The molecule has 0 fully saturated rings. The highest BCUT2D eigenvalue weighted by molar-refractivity contribution is 5.98. The fourth-order valence-corrected chi connectivity index (χ4v) is 0.689. The molecule has 0 radical (unpaired) electrons. The Morgan fingerprint density at radius 1 is 1.70 bits per heavy atom. The normalized spacial score (nSPS) is 8.50. The average Bonchev–Trinajstić information content (AvgIpc) is 2.13. The van der Waals surface area contributed by atoms with Crippen LogP contribution in [0.5, 0.6) is 0 Å². The fourth-order valence-electron chi connectivity index (χ4n) is 0.689. The third-order valence-corrected chi connectivity index (χ3v) is 1.16. The number of anilines is 1. The van der Waals surface area contributed by atoms with Crippen LogP contribution in [-0.4, -0.2) is 10.8 Å². The zero-order chi connectivity index (χ0) is 6.85. The van der Waals surface area contributed by atoms with Gasteiger partial charge in [0.25, 0.3) is 0 Å². The summed E-state index contributed by atoms with van der Waals surface area (Å²) < 4.78 is 0. The lowest BCUT2D eigenvalue weighted by atomic mass is 10.2. The highest BCUT2D eigenvalue weighted by Gasteiger charge is 2.02. The molecule has 0 atom stereocenters. The van der Waals surface area contributed by atoms with E-state index in [1.54, 1.807) is 12.3 Å². The van der Waals surface area contributed by atoms with Gasteiger partial charge in [-0.15, -0.1) is 12.4 Å². The molecule has 10 heavy (non-hydrogen) atoms. The Kier molecular flexibility index (Phi) is 2.96. The van der Waals surface area contributed by atoms with Crippen molar-refractivity contribution in [3.8, 4) is 0 Å². The zero-order valence-corrected chi connectivity index (χ0v) is 6.37. The van der Waals surface area contributed by atoms with Gasteiger partial charge in [0.05, 0.1) is 5.56 Å². The number of hydrogen-bond acceptors (Lipinski definition) is 2. The van der Waals surface area contributed by atoms with E-state index in [9.17, 15) is 4.79 Å². The van der Waals surface area contributed by atoms with E-state index in [1.165, 1.54) is 6.92 Å². The van der Waals surface area contributed by atoms with Crippen molar-refractivity contribution in [2.45, 2.75) is 6.92 Å². The summed E-state index contributed by atoms with van der Waals surface area (Å²) in [5.74, 6) is 0.441. The second-order valence-electron chi connectivity index (χ2n) is 1.86. The van der Waals surface area contributed by atoms with Crippen molar-refractivity contribution in [3.05, 3.63) is 17.8 Å². The Bertz CT molecular complexity index is 231. The lowest BCUT2D eigenvalue weighted by Gasteiger charge is -1.88. The number of aromatic nitrogens is 1. The second-order valence-corrected chi connectivity index (χ2v) is 1.86. The van der Waals surface area contributed by atoms with Gasteiger partial charge in [-0.1, -0.05) is 0 Å². The van der Waals surface area contributed by atoms with Gasteiger partial charge in [0.2, 0.25) is 0 Å². The number of ketones is 1. The van der Waals surface area contributed by atoms with Gasteiger partial charge < -0.3 is 10.7 Å². The molecule has 1 aromatic heterocycles. The van der Waals surface area contributed by atoms with Crippen LogP contribution in [0.25, 0.3) is 0 Å². The van der Waals surface area contributed by atoms with Crippen LogP contribution in [0.2, 0.25) is 0 Å². The topological polar surface area (TPSA) is 58.9 Å². The number of aromatic amines is 1. The Morgan fingerprint density at radius 3 is 2.50 bits per heavy atom. The molecule has 0 bridgehead atoms. The molecule has 0 aliphatic heterocycles. The summed E-state index contributed by atoms with van der Waals surface area (Å²) >= 11 is 0. The van der Waals surface area contributed by atoms with Crippen molar-refractivity contribution in [2.75, 3.05) is 5.73 Å². The van der Waals surface area contributed by atoms with Crippen molar-refractivity contribution in [3.63, 3.8) is 0 Å². The Hall–Kier alpha value is -0.960. The summed E-state index contributed by atoms with van der Waals surface area (Å²) in [7, 11) is 0. The van der Waals surface area contributed by atoms with Crippen LogP contribution in [-0.2, 0) is 0 Å². The predicted octanol–water partition coefficient (Wildman–Crippen LogP) is 1.22. The Labute approximate surface area is 65.0 Å². The van der Waals surface area contributed by atoms with Gasteiger partial charge >= 0.3 is 0 Å². The van der Waals surface area contributed by atoms with Crippen molar-refractivity contribution in [1.82, 2.24) is 4.98 Å². The van der Waals surface area contributed by atoms with Crippen LogP contribution >= 0.6 is 12.4 Å². The number of nitrogens with two attached hydrogens (primary N) is 1. The van der Waals surface area contributed by atoms with Gasteiger partial charge in [-0.05, 0) is 13.0 Å². The van der Waals surface area contributed by atoms with E-state index in [4.69, 9.17) is 5.73 Å². The third-order valence-electron chi connectivity index (χ3n) is 1.16. The average molecular weight is 161 g/mol. The van der Waals surface area contributed by atoms with Crippen LogP contribution < -0.4 is 5.73 Å². The molecule has 3 nitrogen and oxygen atoms in total.